The molecular weight excluding hydrogens is 252 g/mol. The zero-order valence-corrected chi connectivity index (χ0v) is 13.0. The Labute approximate surface area is 121 Å². The van der Waals surface area contributed by atoms with Crippen molar-refractivity contribution in [3.63, 3.8) is 0 Å². The van der Waals surface area contributed by atoms with E-state index in [9.17, 15) is 9.59 Å². The number of anilines is 1. The molecule has 0 aliphatic carbocycles. The molecule has 0 aliphatic heterocycles. The maximum atomic E-state index is 12.0. The molecule has 0 bridgehead atoms. The number of rotatable bonds is 3. The van der Waals surface area contributed by atoms with E-state index in [0.717, 1.165) is 29.7 Å². The zero-order valence-electron chi connectivity index (χ0n) is 13.0. The van der Waals surface area contributed by atoms with Crippen LogP contribution in [0.15, 0.2) is 18.2 Å². The van der Waals surface area contributed by atoms with Gasteiger partial charge in [0.15, 0.2) is 0 Å². The lowest BCUT2D eigenvalue weighted by Crippen LogP contribution is -2.46. The van der Waals surface area contributed by atoms with E-state index in [1.54, 1.807) is 0 Å². The molecule has 0 atom stereocenters. The average molecular weight is 276 g/mol. The third-order valence-electron chi connectivity index (χ3n) is 2.93. The molecule has 0 heterocycles. The minimum absolute atomic E-state index is 0.424. The highest BCUT2D eigenvalue weighted by molar-refractivity contribution is 6.40. The summed E-state index contributed by atoms with van der Waals surface area (Å²) in [4.78, 5) is 23.8. The van der Waals surface area contributed by atoms with Crippen LogP contribution >= 0.6 is 0 Å². The van der Waals surface area contributed by atoms with Crippen LogP contribution in [0.3, 0.4) is 0 Å². The van der Waals surface area contributed by atoms with Crippen molar-refractivity contribution in [3.8, 4) is 0 Å². The quantitative estimate of drug-likeness (QED) is 0.834. The Morgan fingerprint density at radius 2 is 1.50 bits per heavy atom. The number of hydrogen-bond acceptors (Lipinski definition) is 2. The first-order valence-electron chi connectivity index (χ1n) is 7.02. The third kappa shape index (κ3) is 4.37. The maximum Gasteiger partial charge on any atom is 0.313 e. The molecule has 0 aliphatic rings. The number of carbonyl (C=O) groups excluding carboxylic acids is 2. The summed E-state index contributed by atoms with van der Waals surface area (Å²) in [7, 11) is 0. The van der Waals surface area contributed by atoms with Crippen molar-refractivity contribution in [1.82, 2.24) is 5.32 Å². The summed E-state index contributed by atoms with van der Waals surface area (Å²) < 4.78 is 0. The first-order chi connectivity index (χ1) is 9.28. The summed E-state index contributed by atoms with van der Waals surface area (Å²) in [6, 6.07) is 5.91. The number of aryl methyl sites for hydroxylation is 2. The van der Waals surface area contributed by atoms with Crippen molar-refractivity contribution >= 4 is 17.5 Å². The fraction of sp³-hybridized carbons (Fsp3) is 0.500. The second-order valence-corrected chi connectivity index (χ2v) is 5.82. The lowest BCUT2D eigenvalue weighted by molar-refractivity contribution is -0.137. The Bertz CT molecular complexity index is 479. The Morgan fingerprint density at radius 1 is 1.00 bits per heavy atom. The van der Waals surface area contributed by atoms with Crippen LogP contribution < -0.4 is 10.6 Å². The van der Waals surface area contributed by atoms with Crippen molar-refractivity contribution < 1.29 is 9.59 Å². The minimum Gasteiger partial charge on any atom is -0.343 e. The molecule has 4 heteroatoms. The second kappa shape index (κ2) is 6.55. The Balaban J connectivity index is 2.93. The standard InChI is InChI=1S/C16H24N2O2/c1-6-11-9-8-10-12(7-2)13(11)17-14(19)15(20)18-16(3,4)5/h8-10H,6-7H2,1-5H3,(H,17,19)(H,18,20). The van der Waals surface area contributed by atoms with Gasteiger partial charge in [-0.25, -0.2) is 0 Å². The molecule has 4 nitrogen and oxygen atoms in total. The minimum atomic E-state index is -0.615. The highest BCUT2D eigenvalue weighted by atomic mass is 16.2. The van der Waals surface area contributed by atoms with Crippen LogP contribution in [0.4, 0.5) is 5.69 Å². The molecule has 110 valence electrons. The van der Waals surface area contributed by atoms with Gasteiger partial charge >= 0.3 is 11.8 Å². The van der Waals surface area contributed by atoms with Crippen molar-refractivity contribution in [2.24, 2.45) is 0 Å². The molecule has 0 unspecified atom stereocenters. The molecule has 1 aromatic rings. The van der Waals surface area contributed by atoms with Gasteiger partial charge in [0, 0.05) is 11.2 Å². The molecule has 1 aromatic carbocycles. The second-order valence-electron chi connectivity index (χ2n) is 5.82. The van der Waals surface area contributed by atoms with Crippen LogP contribution in [0, 0.1) is 0 Å². The van der Waals surface area contributed by atoms with E-state index < -0.39 is 17.4 Å². The smallest absolute Gasteiger partial charge is 0.313 e. The molecule has 0 saturated carbocycles. The van der Waals surface area contributed by atoms with E-state index in [1.807, 2.05) is 52.8 Å². The predicted octanol–water partition coefficient (Wildman–Crippen LogP) is 2.66. The molecule has 1 rings (SSSR count). The monoisotopic (exact) mass is 276 g/mol. The highest BCUT2D eigenvalue weighted by Gasteiger charge is 2.21. The van der Waals surface area contributed by atoms with E-state index in [4.69, 9.17) is 0 Å². The van der Waals surface area contributed by atoms with Gasteiger partial charge < -0.3 is 10.6 Å². The molecule has 0 radical (unpaired) electrons. The topological polar surface area (TPSA) is 58.2 Å². The molecule has 0 saturated heterocycles. The van der Waals surface area contributed by atoms with Crippen molar-refractivity contribution in [2.75, 3.05) is 5.32 Å². The van der Waals surface area contributed by atoms with Gasteiger partial charge in [0.1, 0.15) is 0 Å². The number of para-hydroxylation sites is 1. The summed E-state index contributed by atoms with van der Waals surface area (Å²) >= 11 is 0. The number of nitrogens with one attached hydrogen (secondary N) is 2. The van der Waals surface area contributed by atoms with E-state index in [0.29, 0.717) is 0 Å². The molecule has 0 aromatic heterocycles. The Hall–Kier alpha value is -1.84. The summed E-state index contributed by atoms with van der Waals surface area (Å²) in [5, 5.41) is 5.42. The maximum absolute atomic E-state index is 12.0. The van der Waals surface area contributed by atoms with Crippen LogP contribution in [0.2, 0.25) is 0 Å². The van der Waals surface area contributed by atoms with E-state index >= 15 is 0 Å². The van der Waals surface area contributed by atoms with Gasteiger partial charge in [0.2, 0.25) is 0 Å². The number of carbonyl (C=O) groups is 2. The number of amides is 2. The van der Waals surface area contributed by atoms with Crippen LogP contribution in [0.1, 0.15) is 45.7 Å². The van der Waals surface area contributed by atoms with Crippen LogP contribution in [0.5, 0.6) is 0 Å². The number of hydrogen-bond donors (Lipinski definition) is 2. The summed E-state index contributed by atoms with van der Waals surface area (Å²) in [5.74, 6) is -1.22. The van der Waals surface area contributed by atoms with Gasteiger partial charge in [-0.05, 0) is 44.7 Å². The molecule has 0 fully saturated rings. The Kier molecular flexibility index (Phi) is 5.31. The molecular formula is C16H24N2O2. The van der Waals surface area contributed by atoms with Gasteiger partial charge in [-0.1, -0.05) is 32.0 Å². The third-order valence-corrected chi connectivity index (χ3v) is 2.93. The lowest BCUT2D eigenvalue weighted by Gasteiger charge is -2.20. The fourth-order valence-electron chi connectivity index (χ4n) is 1.97. The number of benzene rings is 1. The van der Waals surface area contributed by atoms with Gasteiger partial charge in [-0.2, -0.15) is 0 Å². The molecule has 0 spiro atoms. The highest BCUT2D eigenvalue weighted by Crippen LogP contribution is 2.22. The normalized spacial score (nSPS) is 11.1. The zero-order chi connectivity index (χ0) is 15.3. The van der Waals surface area contributed by atoms with E-state index in [-0.39, 0.29) is 0 Å². The first kappa shape index (κ1) is 16.2. The van der Waals surface area contributed by atoms with E-state index in [1.165, 1.54) is 0 Å². The predicted molar refractivity (Wildman–Crippen MR) is 81.7 cm³/mol. The van der Waals surface area contributed by atoms with Crippen molar-refractivity contribution in [2.45, 2.75) is 53.0 Å². The summed E-state index contributed by atoms with van der Waals surface area (Å²) in [5.41, 5.74) is 2.43. The first-order valence-corrected chi connectivity index (χ1v) is 7.02. The Morgan fingerprint density at radius 3 is 1.90 bits per heavy atom. The average Bonchev–Trinajstić information content (AvgIpc) is 2.36. The van der Waals surface area contributed by atoms with Crippen molar-refractivity contribution in [1.29, 1.82) is 0 Å². The van der Waals surface area contributed by atoms with Gasteiger partial charge in [0.25, 0.3) is 0 Å². The van der Waals surface area contributed by atoms with Crippen molar-refractivity contribution in [3.05, 3.63) is 29.3 Å². The van der Waals surface area contributed by atoms with Crippen LogP contribution in [-0.2, 0) is 22.4 Å². The van der Waals surface area contributed by atoms with E-state index in [2.05, 4.69) is 10.6 Å². The van der Waals surface area contributed by atoms with Gasteiger partial charge in [-0.15, -0.1) is 0 Å². The SMILES string of the molecule is CCc1cccc(CC)c1NC(=O)C(=O)NC(C)(C)C. The fourth-order valence-corrected chi connectivity index (χ4v) is 1.97. The molecule has 2 amide bonds. The lowest BCUT2D eigenvalue weighted by atomic mass is 10.0. The summed E-state index contributed by atoms with van der Waals surface area (Å²) in [6.07, 6.45) is 1.62. The van der Waals surface area contributed by atoms with Crippen LogP contribution in [-0.4, -0.2) is 17.4 Å². The molecule has 20 heavy (non-hydrogen) atoms. The van der Waals surface area contributed by atoms with Gasteiger partial charge in [0.05, 0.1) is 0 Å². The van der Waals surface area contributed by atoms with Gasteiger partial charge in [-0.3, -0.25) is 9.59 Å². The molecule has 2 N–H and O–H groups in total. The summed E-state index contributed by atoms with van der Waals surface area (Å²) in [6.45, 7) is 9.58. The van der Waals surface area contributed by atoms with Crippen LogP contribution in [0.25, 0.3) is 0 Å². The largest absolute Gasteiger partial charge is 0.343 e.